The predicted molar refractivity (Wildman–Crippen MR) is 138 cm³/mol. The fourth-order valence-electron chi connectivity index (χ4n) is 5.77. The number of fused-ring (bicyclic) bond motifs is 1. The van der Waals surface area contributed by atoms with Crippen LogP contribution in [0.5, 0.6) is 0 Å². The second-order valence-corrected chi connectivity index (χ2v) is 9.11. The first kappa shape index (κ1) is 23.5. The molecule has 0 spiro atoms. The third kappa shape index (κ3) is 4.20. The zero-order valence-electron chi connectivity index (χ0n) is 19.3. The summed E-state index contributed by atoms with van der Waals surface area (Å²) in [5.41, 5.74) is 4.23. The van der Waals surface area contributed by atoms with Crippen molar-refractivity contribution in [3.63, 3.8) is 0 Å². The third-order valence-corrected chi connectivity index (χ3v) is 7.51. The number of anilines is 1. The average Bonchev–Trinajstić information content (AvgIpc) is 3.12. The Morgan fingerprint density at radius 3 is 2.12 bits per heavy atom. The number of likely N-dealkylation sites (tertiary alicyclic amines) is 1. The van der Waals surface area contributed by atoms with Gasteiger partial charge in [0.15, 0.2) is 0 Å². The molecule has 1 atom stereocenters. The van der Waals surface area contributed by atoms with Crippen molar-refractivity contribution in [1.29, 1.82) is 0 Å². The fourth-order valence-corrected chi connectivity index (χ4v) is 5.77. The van der Waals surface area contributed by atoms with E-state index in [4.69, 9.17) is 0 Å². The highest BCUT2D eigenvalue weighted by Crippen LogP contribution is 2.48. The van der Waals surface area contributed by atoms with E-state index in [1.165, 1.54) is 18.4 Å². The average molecular weight is 461 g/mol. The number of rotatable bonds is 6. The summed E-state index contributed by atoms with van der Waals surface area (Å²) in [4.78, 5) is 18.5. The van der Waals surface area contributed by atoms with Gasteiger partial charge in [-0.05, 0) is 74.5 Å². The second-order valence-electron chi connectivity index (χ2n) is 9.11. The van der Waals surface area contributed by atoms with Gasteiger partial charge < -0.3 is 9.80 Å². The summed E-state index contributed by atoms with van der Waals surface area (Å²) in [5.74, 6) is 0.881. The molecule has 1 amide bonds. The molecule has 0 N–H and O–H groups in total. The summed E-state index contributed by atoms with van der Waals surface area (Å²) in [6.07, 6.45) is 3.20. The quantitative estimate of drug-likeness (QED) is 0.448. The van der Waals surface area contributed by atoms with Gasteiger partial charge in [-0.25, -0.2) is 0 Å². The van der Waals surface area contributed by atoms with Crippen molar-refractivity contribution in [2.24, 2.45) is 0 Å². The minimum Gasteiger partial charge on any atom is -0.311 e. The lowest BCUT2D eigenvalue weighted by molar-refractivity contribution is -0.122. The number of para-hydroxylation sites is 1. The smallest absolute Gasteiger partial charge is 0.242 e. The molecule has 172 valence electrons. The van der Waals surface area contributed by atoms with Crippen LogP contribution in [0.4, 0.5) is 5.69 Å². The maximum absolute atomic E-state index is 13.9. The molecule has 0 saturated carbocycles. The Morgan fingerprint density at radius 1 is 0.848 bits per heavy atom. The predicted octanol–water partition coefficient (Wildman–Crippen LogP) is 6.03. The highest BCUT2D eigenvalue weighted by Gasteiger charge is 2.51. The number of piperidine rings is 1. The summed E-state index contributed by atoms with van der Waals surface area (Å²) in [6.45, 7) is 5.90. The molecule has 2 heterocycles. The fraction of sp³-hybridized carbons (Fsp3) is 0.345. The second kappa shape index (κ2) is 10.1. The molecule has 2 aliphatic heterocycles. The number of carbonyl (C=O) groups excluding carboxylic acids is 1. The molecule has 0 aromatic heterocycles. The van der Waals surface area contributed by atoms with Crippen molar-refractivity contribution in [2.75, 3.05) is 31.1 Å². The summed E-state index contributed by atoms with van der Waals surface area (Å²) >= 11 is 0. The lowest BCUT2D eigenvalue weighted by Gasteiger charge is -2.36. The molecule has 5 rings (SSSR count). The van der Waals surface area contributed by atoms with Crippen LogP contribution in [-0.4, -0.2) is 37.0 Å². The third-order valence-electron chi connectivity index (χ3n) is 7.51. The molecule has 3 aromatic rings. The van der Waals surface area contributed by atoms with Crippen LogP contribution in [0.3, 0.4) is 0 Å². The van der Waals surface area contributed by atoms with E-state index < -0.39 is 5.41 Å². The molecule has 0 radical (unpaired) electrons. The van der Waals surface area contributed by atoms with Gasteiger partial charge in [0.2, 0.25) is 5.91 Å². The first-order valence-corrected chi connectivity index (χ1v) is 12.0. The van der Waals surface area contributed by atoms with Crippen molar-refractivity contribution in [2.45, 2.75) is 37.5 Å². The highest BCUT2D eigenvalue weighted by molar-refractivity contribution is 6.10. The zero-order valence-corrected chi connectivity index (χ0v) is 20.1. The Bertz CT molecular complexity index is 1060. The van der Waals surface area contributed by atoms with E-state index in [1.807, 2.05) is 17.0 Å². The molecule has 1 fully saturated rings. The number of halogens is 1. The van der Waals surface area contributed by atoms with Crippen LogP contribution in [0, 0.1) is 0 Å². The molecule has 1 unspecified atom stereocenters. The Hall–Kier alpha value is -2.62. The van der Waals surface area contributed by atoms with E-state index in [2.05, 4.69) is 84.6 Å². The number of hydrogen-bond acceptors (Lipinski definition) is 2. The Kier molecular flexibility index (Phi) is 7.21. The van der Waals surface area contributed by atoms with Crippen LogP contribution in [0.15, 0.2) is 84.9 Å². The summed E-state index contributed by atoms with van der Waals surface area (Å²) in [6, 6.07) is 29.7. The minimum absolute atomic E-state index is 0. The lowest BCUT2D eigenvalue weighted by atomic mass is 9.72. The zero-order chi connectivity index (χ0) is 22.0. The summed E-state index contributed by atoms with van der Waals surface area (Å²) < 4.78 is 0. The van der Waals surface area contributed by atoms with Gasteiger partial charge in [0.05, 0.1) is 0 Å². The van der Waals surface area contributed by atoms with Crippen LogP contribution in [-0.2, 0) is 10.2 Å². The van der Waals surface area contributed by atoms with Gasteiger partial charge in [-0.2, -0.15) is 0 Å². The molecule has 3 aromatic carbocycles. The molecular formula is C29H33ClN2O. The molecular weight excluding hydrogens is 428 g/mol. The standard InChI is InChI=1S/C29H32N2O.ClH/c1-2-31-27-16-10-9-15-26(27)29(28(31)32,25-13-7-4-8-14-25)19-22-30-20-17-24(18-21-30)23-11-5-3-6-12-23;/h3-16,24H,2,17-22H2,1H3;1H. The molecule has 0 aliphatic carbocycles. The number of amides is 1. The number of hydrogen-bond donors (Lipinski definition) is 0. The van der Waals surface area contributed by atoms with E-state index in [1.54, 1.807) is 0 Å². The van der Waals surface area contributed by atoms with Gasteiger partial charge in [0.25, 0.3) is 0 Å². The first-order chi connectivity index (χ1) is 15.7. The van der Waals surface area contributed by atoms with E-state index in [-0.39, 0.29) is 18.3 Å². The first-order valence-electron chi connectivity index (χ1n) is 12.0. The lowest BCUT2D eigenvalue weighted by Crippen LogP contribution is -2.44. The molecule has 4 heteroatoms. The SMILES string of the molecule is CCN1C(=O)C(CCN2CCC(c3ccccc3)CC2)(c2ccccc2)c2ccccc21.Cl. The molecule has 2 aliphatic rings. The number of likely N-dealkylation sites (N-methyl/N-ethyl adjacent to an activating group) is 1. The van der Waals surface area contributed by atoms with Crippen LogP contribution < -0.4 is 4.90 Å². The molecule has 0 bridgehead atoms. The largest absolute Gasteiger partial charge is 0.311 e. The maximum Gasteiger partial charge on any atom is 0.242 e. The van der Waals surface area contributed by atoms with Crippen molar-refractivity contribution < 1.29 is 4.79 Å². The van der Waals surface area contributed by atoms with Gasteiger partial charge in [0.1, 0.15) is 5.41 Å². The van der Waals surface area contributed by atoms with E-state index in [0.29, 0.717) is 12.5 Å². The Balaban J connectivity index is 0.00000259. The number of benzene rings is 3. The van der Waals surface area contributed by atoms with Crippen molar-refractivity contribution in [1.82, 2.24) is 4.90 Å². The van der Waals surface area contributed by atoms with E-state index in [0.717, 1.165) is 42.9 Å². The van der Waals surface area contributed by atoms with Crippen LogP contribution in [0.25, 0.3) is 0 Å². The van der Waals surface area contributed by atoms with Crippen LogP contribution >= 0.6 is 12.4 Å². The summed E-state index contributed by atoms with van der Waals surface area (Å²) in [7, 11) is 0. The monoisotopic (exact) mass is 460 g/mol. The van der Waals surface area contributed by atoms with Gasteiger partial charge in [-0.15, -0.1) is 12.4 Å². The van der Waals surface area contributed by atoms with Gasteiger partial charge in [0, 0.05) is 12.2 Å². The van der Waals surface area contributed by atoms with E-state index in [9.17, 15) is 4.79 Å². The Labute approximate surface area is 203 Å². The summed E-state index contributed by atoms with van der Waals surface area (Å²) in [5, 5.41) is 0. The molecule has 1 saturated heterocycles. The topological polar surface area (TPSA) is 23.6 Å². The van der Waals surface area contributed by atoms with Crippen LogP contribution in [0.1, 0.15) is 48.8 Å². The van der Waals surface area contributed by atoms with Crippen molar-refractivity contribution >= 4 is 24.0 Å². The van der Waals surface area contributed by atoms with Gasteiger partial charge in [-0.3, -0.25) is 4.79 Å². The number of nitrogens with zero attached hydrogens (tertiary/aromatic N) is 2. The van der Waals surface area contributed by atoms with Gasteiger partial charge in [-0.1, -0.05) is 78.9 Å². The Morgan fingerprint density at radius 2 is 1.45 bits per heavy atom. The van der Waals surface area contributed by atoms with Crippen molar-refractivity contribution in [3.8, 4) is 0 Å². The van der Waals surface area contributed by atoms with Gasteiger partial charge >= 0.3 is 0 Å². The van der Waals surface area contributed by atoms with E-state index >= 15 is 0 Å². The van der Waals surface area contributed by atoms with Crippen LogP contribution in [0.2, 0.25) is 0 Å². The molecule has 33 heavy (non-hydrogen) atoms. The molecule has 3 nitrogen and oxygen atoms in total. The minimum atomic E-state index is -0.593. The van der Waals surface area contributed by atoms with Crippen molar-refractivity contribution in [3.05, 3.63) is 102 Å². The maximum atomic E-state index is 13.9. The highest BCUT2D eigenvalue weighted by atomic mass is 35.5. The normalized spacial score (nSPS) is 21.0. The number of carbonyl (C=O) groups is 1.